The minimum Gasteiger partial charge on any atom is -0.496 e. The zero-order valence-corrected chi connectivity index (χ0v) is 16.6. The molecule has 0 atom stereocenters. The number of halogens is 1. The van der Waals surface area contributed by atoms with E-state index in [2.05, 4.69) is 15.6 Å². The van der Waals surface area contributed by atoms with Crippen LogP contribution in [0, 0.1) is 0 Å². The van der Waals surface area contributed by atoms with Gasteiger partial charge in [0, 0.05) is 25.7 Å². The normalized spacial score (nSPS) is 12.3. The summed E-state index contributed by atoms with van der Waals surface area (Å²) in [5.41, 5.74) is 2.17. The number of hydrogen-bond donors (Lipinski definition) is 2. The van der Waals surface area contributed by atoms with Crippen LogP contribution < -0.4 is 24.8 Å². The first-order valence-corrected chi connectivity index (χ1v) is 7.75. The van der Waals surface area contributed by atoms with Crippen LogP contribution in [0.5, 0.6) is 17.2 Å². The Bertz CT molecular complexity index is 737. The zero-order valence-electron chi connectivity index (χ0n) is 14.2. The molecule has 1 aliphatic heterocycles. The lowest BCUT2D eigenvalue weighted by atomic mass is 10.2. The van der Waals surface area contributed by atoms with Gasteiger partial charge in [-0.25, -0.2) is 0 Å². The number of fused-ring (bicyclic) bond motifs is 1. The maximum atomic E-state index is 5.39. The lowest BCUT2D eigenvalue weighted by Gasteiger charge is -2.14. The van der Waals surface area contributed by atoms with Gasteiger partial charge in [0.05, 0.1) is 7.11 Å². The topological polar surface area (TPSA) is 64.1 Å². The average molecular weight is 455 g/mol. The smallest absolute Gasteiger partial charge is 0.231 e. The standard InChI is InChI=1S/C18H21N3O3.HI/c1-19-18(21-11-14-5-3-4-6-15(14)22-2)20-10-13-7-8-16-17(9-13)24-12-23-16;/h3-9H,10-12H2,1-2H3,(H2,19,20,21);1H. The molecule has 7 heteroatoms. The monoisotopic (exact) mass is 455 g/mol. The highest BCUT2D eigenvalue weighted by Crippen LogP contribution is 2.32. The zero-order chi connectivity index (χ0) is 16.8. The second-order valence-electron chi connectivity index (χ2n) is 5.28. The molecule has 1 heterocycles. The van der Waals surface area contributed by atoms with Crippen LogP contribution in [-0.2, 0) is 13.1 Å². The SMILES string of the molecule is CN=C(NCc1ccc2c(c1)OCO2)NCc1ccccc1OC.I. The summed E-state index contributed by atoms with van der Waals surface area (Å²) in [5, 5.41) is 6.57. The van der Waals surface area contributed by atoms with Crippen molar-refractivity contribution in [2.45, 2.75) is 13.1 Å². The van der Waals surface area contributed by atoms with Gasteiger partial charge in [-0.05, 0) is 23.8 Å². The van der Waals surface area contributed by atoms with E-state index in [1.54, 1.807) is 14.2 Å². The van der Waals surface area contributed by atoms with Crippen molar-refractivity contribution in [1.29, 1.82) is 0 Å². The molecule has 0 saturated carbocycles. The predicted octanol–water partition coefficient (Wildman–Crippen LogP) is 2.91. The first kappa shape index (κ1) is 19.2. The van der Waals surface area contributed by atoms with Crippen molar-refractivity contribution in [2.24, 2.45) is 4.99 Å². The van der Waals surface area contributed by atoms with Gasteiger partial charge in [-0.15, -0.1) is 24.0 Å². The van der Waals surface area contributed by atoms with Crippen molar-refractivity contribution in [3.05, 3.63) is 53.6 Å². The molecule has 6 nitrogen and oxygen atoms in total. The molecule has 0 aliphatic carbocycles. The lowest BCUT2D eigenvalue weighted by molar-refractivity contribution is 0.174. The van der Waals surface area contributed by atoms with Crippen LogP contribution in [0.15, 0.2) is 47.5 Å². The van der Waals surface area contributed by atoms with Gasteiger partial charge in [0.2, 0.25) is 6.79 Å². The van der Waals surface area contributed by atoms with Gasteiger partial charge in [-0.1, -0.05) is 24.3 Å². The molecule has 0 saturated heterocycles. The van der Waals surface area contributed by atoms with E-state index in [1.807, 2.05) is 42.5 Å². The molecule has 0 amide bonds. The van der Waals surface area contributed by atoms with Crippen LogP contribution in [0.3, 0.4) is 0 Å². The number of ether oxygens (including phenoxy) is 3. The van der Waals surface area contributed by atoms with Crippen LogP contribution in [-0.4, -0.2) is 26.9 Å². The quantitative estimate of drug-likeness (QED) is 0.413. The summed E-state index contributed by atoms with van der Waals surface area (Å²) in [6, 6.07) is 13.8. The molecule has 2 aromatic rings. The fraction of sp³-hybridized carbons (Fsp3) is 0.278. The number of guanidine groups is 1. The summed E-state index contributed by atoms with van der Waals surface area (Å²) in [6.45, 7) is 1.56. The number of rotatable bonds is 5. The van der Waals surface area contributed by atoms with E-state index >= 15 is 0 Å². The predicted molar refractivity (Wildman–Crippen MR) is 108 cm³/mol. The summed E-state index contributed by atoms with van der Waals surface area (Å²) < 4.78 is 16.1. The second-order valence-corrected chi connectivity index (χ2v) is 5.28. The summed E-state index contributed by atoms with van der Waals surface area (Å²) in [7, 11) is 3.42. The third-order valence-corrected chi connectivity index (χ3v) is 3.76. The Balaban J connectivity index is 0.00000225. The van der Waals surface area contributed by atoms with Gasteiger partial charge in [-0.3, -0.25) is 4.99 Å². The summed E-state index contributed by atoms with van der Waals surface area (Å²) in [4.78, 5) is 4.24. The van der Waals surface area contributed by atoms with E-state index in [0.29, 0.717) is 13.1 Å². The van der Waals surface area contributed by atoms with Gasteiger partial charge in [0.1, 0.15) is 5.75 Å². The Labute approximate surface area is 164 Å². The first-order chi connectivity index (χ1) is 11.8. The number of methoxy groups -OCH3 is 1. The molecule has 25 heavy (non-hydrogen) atoms. The molecule has 0 bridgehead atoms. The van der Waals surface area contributed by atoms with Gasteiger partial charge in [-0.2, -0.15) is 0 Å². The van der Waals surface area contributed by atoms with Gasteiger partial charge in [0.25, 0.3) is 0 Å². The van der Waals surface area contributed by atoms with E-state index in [1.165, 1.54) is 0 Å². The molecule has 1 aliphatic rings. The van der Waals surface area contributed by atoms with E-state index in [-0.39, 0.29) is 30.8 Å². The Morgan fingerprint density at radius 2 is 1.84 bits per heavy atom. The van der Waals surface area contributed by atoms with Crippen LogP contribution in [0.25, 0.3) is 0 Å². The molecule has 134 valence electrons. The maximum Gasteiger partial charge on any atom is 0.231 e. The van der Waals surface area contributed by atoms with Crippen molar-refractivity contribution >= 4 is 29.9 Å². The molecule has 0 unspecified atom stereocenters. The molecule has 0 spiro atoms. The first-order valence-electron chi connectivity index (χ1n) is 7.75. The molecular formula is C18H22IN3O3. The average Bonchev–Trinajstić information content (AvgIpc) is 3.10. The number of benzene rings is 2. The van der Waals surface area contributed by atoms with Crippen molar-refractivity contribution < 1.29 is 14.2 Å². The summed E-state index contributed by atoms with van der Waals surface area (Å²) >= 11 is 0. The van der Waals surface area contributed by atoms with Gasteiger partial charge in [0.15, 0.2) is 17.5 Å². The van der Waals surface area contributed by atoms with Crippen LogP contribution in [0.4, 0.5) is 0 Å². The third kappa shape index (κ3) is 4.91. The fourth-order valence-electron chi connectivity index (χ4n) is 2.49. The lowest BCUT2D eigenvalue weighted by Crippen LogP contribution is -2.36. The molecule has 0 fully saturated rings. The maximum absolute atomic E-state index is 5.39. The number of nitrogens with zero attached hydrogens (tertiary/aromatic N) is 1. The third-order valence-electron chi connectivity index (χ3n) is 3.76. The second kappa shape index (κ2) is 9.36. The Kier molecular flexibility index (Phi) is 7.17. The number of para-hydroxylation sites is 1. The van der Waals surface area contributed by atoms with Gasteiger partial charge >= 0.3 is 0 Å². The highest BCUT2D eigenvalue weighted by atomic mass is 127. The molecular weight excluding hydrogens is 433 g/mol. The van der Waals surface area contributed by atoms with E-state index in [4.69, 9.17) is 14.2 Å². The van der Waals surface area contributed by atoms with Crippen LogP contribution in [0.1, 0.15) is 11.1 Å². The van der Waals surface area contributed by atoms with Crippen molar-refractivity contribution in [3.63, 3.8) is 0 Å². The van der Waals surface area contributed by atoms with Gasteiger partial charge < -0.3 is 24.8 Å². The van der Waals surface area contributed by atoms with Crippen molar-refractivity contribution in [3.8, 4) is 17.2 Å². The van der Waals surface area contributed by atoms with Crippen LogP contribution in [0.2, 0.25) is 0 Å². The molecule has 2 N–H and O–H groups in total. The van der Waals surface area contributed by atoms with E-state index in [0.717, 1.165) is 34.3 Å². The Hall–Kier alpha value is -2.16. The molecule has 0 radical (unpaired) electrons. The minimum absolute atomic E-state index is 0. The largest absolute Gasteiger partial charge is 0.496 e. The Morgan fingerprint density at radius 3 is 2.64 bits per heavy atom. The van der Waals surface area contributed by atoms with Crippen molar-refractivity contribution in [2.75, 3.05) is 21.0 Å². The number of nitrogens with one attached hydrogen (secondary N) is 2. The van der Waals surface area contributed by atoms with Crippen molar-refractivity contribution in [1.82, 2.24) is 10.6 Å². The minimum atomic E-state index is 0. The molecule has 2 aromatic carbocycles. The number of hydrogen-bond acceptors (Lipinski definition) is 4. The van der Waals surface area contributed by atoms with Crippen LogP contribution >= 0.6 is 24.0 Å². The highest BCUT2D eigenvalue weighted by Gasteiger charge is 2.13. The summed E-state index contributed by atoms with van der Waals surface area (Å²) in [6.07, 6.45) is 0. The number of aliphatic imine (C=N–C) groups is 1. The van der Waals surface area contributed by atoms with E-state index < -0.39 is 0 Å². The molecule has 0 aromatic heterocycles. The fourth-order valence-corrected chi connectivity index (χ4v) is 2.49. The van der Waals surface area contributed by atoms with E-state index in [9.17, 15) is 0 Å². The molecule has 3 rings (SSSR count). The summed E-state index contributed by atoms with van der Waals surface area (Å²) in [5.74, 6) is 3.15. The highest BCUT2D eigenvalue weighted by molar-refractivity contribution is 14.0. The Morgan fingerprint density at radius 1 is 1.08 bits per heavy atom.